The second-order valence-electron chi connectivity index (χ2n) is 4.68. The fourth-order valence-corrected chi connectivity index (χ4v) is 2.07. The fourth-order valence-electron chi connectivity index (χ4n) is 2.07. The van der Waals surface area contributed by atoms with Crippen LogP contribution < -0.4 is 5.32 Å². The van der Waals surface area contributed by atoms with Crippen LogP contribution in [0, 0.1) is 12.3 Å². The van der Waals surface area contributed by atoms with Gasteiger partial charge >= 0.3 is 5.97 Å². The number of carboxylic acids is 1. The molecule has 2 rings (SSSR count). The minimum absolute atomic E-state index is 0.0381. The van der Waals surface area contributed by atoms with E-state index in [0.29, 0.717) is 24.6 Å². The first-order valence-corrected chi connectivity index (χ1v) is 6.56. The highest BCUT2D eigenvalue weighted by Crippen LogP contribution is 2.21. The van der Waals surface area contributed by atoms with E-state index in [1.807, 2.05) is 12.1 Å². The molecule has 0 saturated heterocycles. The van der Waals surface area contributed by atoms with E-state index in [0.717, 1.165) is 17.4 Å². The molecule has 0 aliphatic carbocycles. The SMILES string of the molecule is C#CCC(CC)NCc1ccc2oc(C(=O)O)cc2c1. The number of fused-ring (bicyclic) bond motifs is 1. The van der Waals surface area contributed by atoms with Gasteiger partial charge in [0.1, 0.15) is 5.58 Å². The number of rotatable bonds is 6. The largest absolute Gasteiger partial charge is 0.475 e. The molecule has 0 saturated carbocycles. The van der Waals surface area contributed by atoms with E-state index in [-0.39, 0.29) is 5.76 Å². The Morgan fingerprint density at radius 1 is 1.50 bits per heavy atom. The van der Waals surface area contributed by atoms with Crippen molar-refractivity contribution in [2.75, 3.05) is 0 Å². The number of carbonyl (C=O) groups is 1. The van der Waals surface area contributed by atoms with Gasteiger partial charge in [-0.25, -0.2) is 4.79 Å². The van der Waals surface area contributed by atoms with Crippen LogP contribution in [-0.2, 0) is 6.54 Å². The zero-order chi connectivity index (χ0) is 14.5. The highest BCUT2D eigenvalue weighted by atomic mass is 16.4. The lowest BCUT2D eigenvalue weighted by atomic mass is 10.1. The second-order valence-corrected chi connectivity index (χ2v) is 4.68. The Morgan fingerprint density at radius 2 is 2.30 bits per heavy atom. The van der Waals surface area contributed by atoms with E-state index in [1.165, 1.54) is 0 Å². The van der Waals surface area contributed by atoms with Gasteiger partial charge in [0.25, 0.3) is 0 Å². The topological polar surface area (TPSA) is 62.5 Å². The van der Waals surface area contributed by atoms with Gasteiger partial charge in [0.15, 0.2) is 0 Å². The molecule has 1 heterocycles. The van der Waals surface area contributed by atoms with Gasteiger partial charge in [0.05, 0.1) is 0 Å². The van der Waals surface area contributed by atoms with E-state index < -0.39 is 5.97 Å². The van der Waals surface area contributed by atoms with Gasteiger partial charge in [0, 0.05) is 24.4 Å². The third-order valence-electron chi connectivity index (χ3n) is 3.24. The fraction of sp³-hybridized carbons (Fsp3) is 0.312. The Balaban J connectivity index is 2.11. The predicted molar refractivity (Wildman–Crippen MR) is 77.5 cm³/mol. The molecule has 1 aromatic heterocycles. The number of carboxylic acid groups (broad SMARTS) is 1. The van der Waals surface area contributed by atoms with Crippen molar-refractivity contribution in [3.63, 3.8) is 0 Å². The molecule has 0 fully saturated rings. The minimum atomic E-state index is -1.05. The van der Waals surface area contributed by atoms with Crippen LogP contribution in [-0.4, -0.2) is 17.1 Å². The predicted octanol–water partition coefficient (Wildman–Crippen LogP) is 3.02. The molecule has 0 aliphatic heterocycles. The van der Waals surface area contributed by atoms with Gasteiger partial charge in [-0.15, -0.1) is 12.3 Å². The third kappa shape index (κ3) is 3.19. The lowest BCUT2D eigenvalue weighted by molar-refractivity contribution is 0.0665. The van der Waals surface area contributed by atoms with Crippen molar-refractivity contribution in [2.24, 2.45) is 0 Å². The number of furan rings is 1. The summed E-state index contributed by atoms with van der Waals surface area (Å²) < 4.78 is 5.22. The van der Waals surface area contributed by atoms with Crippen LogP contribution in [0.2, 0.25) is 0 Å². The molecule has 0 spiro atoms. The first kappa shape index (κ1) is 14.2. The highest BCUT2D eigenvalue weighted by molar-refractivity contribution is 5.91. The van der Waals surface area contributed by atoms with Crippen molar-refractivity contribution >= 4 is 16.9 Å². The van der Waals surface area contributed by atoms with Crippen LogP contribution >= 0.6 is 0 Å². The summed E-state index contributed by atoms with van der Waals surface area (Å²) in [6, 6.07) is 7.49. The molecule has 0 radical (unpaired) electrons. The summed E-state index contributed by atoms with van der Waals surface area (Å²) in [5.74, 6) is 1.56. The summed E-state index contributed by atoms with van der Waals surface area (Å²) in [7, 11) is 0. The normalized spacial score (nSPS) is 12.2. The van der Waals surface area contributed by atoms with E-state index in [1.54, 1.807) is 12.1 Å². The smallest absolute Gasteiger partial charge is 0.371 e. The lowest BCUT2D eigenvalue weighted by Gasteiger charge is -2.13. The van der Waals surface area contributed by atoms with E-state index in [4.69, 9.17) is 15.9 Å². The molecule has 0 aliphatic rings. The summed E-state index contributed by atoms with van der Waals surface area (Å²) in [6.07, 6.45) is 7.00. The maximum Gasteiger partial charge on any atom is 0.371 e. The number of terminal acetylenes is 1. The third-order valence-corrected chi connectivity index (χ3v) is 3.24. The van der Waals surface area contributed by atoms with Crippen LogP contribution in [0.1, 0.15) is 35.9 Å². The molecule has 104 valence electrons. The number of aromatic carboxylic acids is 1. The van der Waals surface area contributed by atoms with Crippen molar-refractivity contribution in [1.82, 2.24) is 5.32 Å². The van der Waals surface area contributed by atoms with Gasteiger partial charge in [-0.1, -0.05) is 13.0 Å². The van der Waals surface area contributed by atoms with Crippen LogP contribution in [0.5, 0.6) is 0 Å². The Hall–Kier alpha value is -2.25. The quantitative estimate of drug-likeness (QED) is 0.793. The number of benzene rings is 1. The zero-order valence-corrected chi connectivity index (χ0v) is 11.3. The molecule has 20 heavy (non-hydrogen) atoms. The summed E-state index contributed by atoms with van der Waals surface area (Å²) in [5.41, 5.74) is 1.66. The van der Waals surface area contributed by atoms with Gasteiger partial charge in [-0.2, -0.15) is 0 Å². The van der Waals surface area contributed by atoms with Crippen molar-refractivity contribution in [3.05, 3.63) is 35.6 Å². The minimum Gasteiger partial charge on any atom is -0.475 e. The van der Waals surface area contributed by atoms with Crippen molar-refractivity contribution in [2.45, 2.75) is 32.4 Å². The van der Waals surface area contributed by atoms with Crippen LogP contribution in [0.4, 0.5) is 0 Å². The number of hydrogen-bond acceptors (Lipinski definition) is 3. The Kier molecular flexibility index (Phi) is 4.44. The lowest BCUT2D eigenvalue weighted by Crippen LogP contribution is -2.27. The van der Waals surface area contributed by atoms with Crippen LogP contribution in [0.15, 0.2) is 28.7 Å². The first-order valence-electron chi connectivity index (χ1n) is 6.56. The highest BCUT2D eigenvalue weighted by Gasteiger charge is 2.11. The molecule has 1 atom stereocenters. The molecule has 0 bridgehead atoms. The maximum atomic E-state index is 10.9. The summed E-state index contributed by atoms with van der Waals surface area (Å²) in [4.78, 5) is 10.9. The van der Waals surface area contributed by atoms with Crippen LogP contribution in [0.3, 0.4) is 0 Å². The number of hydrogen-bond donors (Lipinski definition) is 2. The first-order chi connectivity index (χ1) is 9.63. The van der Waals surface area contributed by atoms with Crippen LogP contribution in [0.25, 0.3) is 11.0 Å². The molecular weight excluding hydrogens is 254 g/mol. The molecule has 1 aromatic carbocycles. The molecule has 0 amide bonds. The monoisotopic (exact) mass is 271 g/mol. The molecule has 4 heteroatoms. The van der Waals surface area contributed by atoms with Gasteiger partial charge in [-0.05, 0) is 30.2 Å². The zero-order valence-electron chi connectivity index (χ0n) is 11.3. The van der Waals surface area contributed by atoms with Gasteiger partial charge in [0.2, 0.25) is 5.76 Å². The summed E-state index contributed by atoms with van der Waals surface area (Å²) in [6.45, 7) is 2.79. The molecule has 4 nitrogen and oxygen atoms in total. The Bertz CT molecular complexity index is 651. The standard InChI is InChI=1S/C16H17NO3/c1-3-5-13(4-2)17-10-11-6-7-14-12(8-11)9-15(20-14)16(18)19/h1,6-9,13,17H,4-5,10H2,2H3,(H,18,19). The Morgan fingerprint density at radius 3 is 2.95 bits per heavy atom. The second kappa shape index (κ2) is 6.27. The Labute approximate surface area is 117 Å². The van der Waals surface area contributed by atoms with E-state index in [2.05, 4.69) is 18.2 Å². The average molecular weight is 271 g/mol. The number of nitrogens with one attached hydrogen (secondary N) is 1. The van der Waals surface area contributed by atoms with Gasteiger partial charge < -0.3 is 14.8 Å². The van der Waals surface area contributed by atoms with E-state index >= 15 is 0 Å². The van der Waals surface area contributed by atoms with Crippen molar-refractivity contribution in [1.29, 1.82) is 0 Å². The van der Waals surface area contributed by atoms with Crippen molar-refractivity contribution < 1.29 is 14.3 Å². The molecule has 2 N–H and O–H groups in total. The van der Waals surface area contributed by atoms with Crippen molar-refractivity contribution in [3.8, 4) is 12.3 Å². The molecule has 2 aromatic rings. The maximum absolute atomic E-state index is 10.9. The summed E-state index contributed by atoms with van der Waals surface area (Å²) >= 11 is 0. The average Bonchev–Trinajstić information content (AvgIpc) is 2.86. The molecular formula is C16H17NO3. The van der Waals surface area contributed by atoms with E-state index in [9.17, 15) is 4.79 Å². The summed E-state index contributed by atoms with van der Waals surface area (Å²) in [5, 5.41) is 13.1. The molecule has 1 unspecified atom stereocenters. The van der Waals surface area contributed by atoms with Gasteiger partial charge in [-0.3, -0.25) is 0 Å².